The zero-order valence-corrected chi connectivity index (χ0v) is 14.6. The average Bonchev–Trinajstić information content (AvgIpc) is 2.81. The first-order valence-corrected chi connectivity index (χ1v) is 8.19. The van der Waals surface area contributed by atoms with Gasteiger partial charge in [0.15, 0.2) is 0 Å². The Kier molecular flexibility index (Phi) is 5.63. The van der Waals surface area contributed by atoms with E-state index >= 15 is 0 Å². The van der Waals surface area contributed by atoms with Gasteiger partial charge in [-0.25, -0.2) is 9.59 Å². The van der Waals surface area contributed by atoms with E-state index in [9.17, 15) is 9.59 Å². The normalized spacial score (nSPS) is 10.3. The third-order valence-electron chi connectivity index (χ3n) is 3.26. The molecule has 1 aromatic heterocycles. The molecule has 1 aromatic carbocycles. The number of anilines is 2. The van der Waals surface area contributed by atoms with Gasteiger partial charge in [-0.1, -0.05) is 24.6 Å². The zero-order valence-electron chi connectivity index (χ0n) is 13.0. The largest absolute Gasteiger partial charge is 0.465 e. The first kappa shape index (κ1) is 17.3. The summed E-state index contributed by atoms with van der Waals surface area (Å²) in [5.74, 6) is -0.454. The van der Waals surface area contributed by atoms with Crippen LogP contribution in [0.4, 0.5) is 15.5 Å². The number of methoxy groups -OCH3 is 1. The van der Waals surface area contributed by atoms with Gasteiger partial charge in [0.1, 0.15) is 5.00 Å². The number of aryl methyl sites for hydroxylation is 1. The Labute approximate surface area is 143 Å². The Bertz CT molecular complexity index is 743. The molecule has 2 aromatic rings. The van der Waals surface area contributed by atoms with Gasteiger partial charge in [-0.15, -0.1) is 11.3 Å². The standard InChI is InChI=1S/C16H17ClN2O3S/c1-4-12-9(2)23-14(13(12)15(20)22-3)19-16(21)18-11-7-5-6-10(17)8-11/h5-8H,4H2,1-3H3,(H2,18,19,21). The molecule has 0 aliphatic heterocycles. The number of carbonyl (C=O) groups is 2. The quantitative estimate of drug-likeness (QED) is 0.783. The smallest absolute Gasteiger partial charge is 0.341 e. The highest BCUT2D eigenvalue weighted by atomic mass is 35.5. The maximum absolute atomic E-state index is 12.2. The van der Waals surface area contributed by atoms with Gasteiger partial charge in [0.05, 0.1) is 12.7 Å². The van der Waals surface area contributed by atoms with Crippen molar-refractivity contribution in [2.75, 3.05) is 17.7 Å². The molecule has 0 saturated heterocycles. The Morgan fingerprint density at radius 3 is 2.65 bits per heavy atom. The fraction of sp³-hybridized carbons (Fsp3) is 0.250. The highest BCUT2D eigenvalue weighted by Gasteiger charge is 2.22. The minimum atomic E-state index is -0.454. The van der Waals surface area contributed by atoms with Crippen molar-refractivity contribution in [3.05, 3.63) is 45.3 Å². The van der Waals surface area contributed by atoms with E-state index in [1.54, 1.807) is 24.3 Å². The molecular weight excluding hydrogens is 336 g/mol. The van der Waals surface area contributed by atoms with Crippen molar-refractivity contribution in [1.82, 2.24) is 0 Å². The maximum Gasteiger partial charge on any atom is 0.341 e. The maximum atomic E-state index is 12.2. The van der Waals surface area contributed by atoms with Crippen molar-refractivity contribution in [2.45, 2.75) is 20.3 Å². The molecule has 2 rings (SSSR count). The second kappa shape index (κ2) is 7.48. The van der Waals surface area contributed by atoms with Gasteiger partial charge in [0.25, 0.3) is 0 Å². The molecule has 0 unspecified atom stereocenters. The molecule has 122 valence electrons. The molecule has 2 amide bonds. The van der Waals surface area contributed by atoms with Gasteiger partial charge in [-0.2, -0.15) is 0 Å². The molecule has 0 aliphatic rings. The van der Waals surface area contributed by atoms with Crippen LogP contribution in [0.2, 0.25) is 5.02 Å². The number of benzene rings is 1. The summed E-state index contributed by atoms with van der Waals surface area (Å²) >= 11 is 7.24. The molecule has 0 atom stereocenters. The third-order valence-corrected chi connectivity index (χ3v) is 4.56. The number of ether oxygens (including phenoxy) is 1. The molecule has 0 spiro atoms. The van der Waals surface area contributed by atoms with Crippen molar-refractivity contribution in [3.63, 3.8) is 0 Å². The summed E-state index contributed by atoms with van der Waals surface area (Å²) in [4.78, 5) is 25.1. The predicted octanol–water partition coefficient (Wildman–Crippen LogP) is 4.70. The van der Waals surface area contributed by atoms with Crippen LogP contribution < -0.4 is 10.6 Å². The van der Waals surface area contributed by atoms with E-state index in [4.69, 9.17) is 16.3 Å². The van der Waals surface area contributed by atoms with Crippen molar-refractivity contribution in [1.29, 1.82) is 0 Å². The number of amides is 2. The Morgan fingerprint density at radius 1 is 1.30 bits per heavy atom. The summed E-state index contributed by atoms with van der Waals surface area (Å²) in [5, 5.41) is 6.40. The van der Waals surface area contributed by atoms with Crippen LogP contribution in [0.5, 0.6) is 0 Å². The molecule has 0 aliphatic carbocycles. The summed E-state index contributed by atoms with van der Waals surface area (Å²) in [6.07, 6.45) is 0.685. The lowest BCUT2D eigenvalue weighted by atomic mass is 10.1. The van der Waals surface area contributed by atoms with Crippen LogP contribution in [0, 0.1) is 6.92 Å². The molecule has 7 heteroatoms. The fourth-order valence-corrected chi connectivity index (χ4v) is 3.56. The summed E-state index contributed by atoms with van der Waals surface area (Å²) in [6, 6.07) is 6.38. The summed E-state index contributed by atoms with van der Waals surface area (Å²) in [5.41, 5.74) is 1.87. The topological polar surface area (TPSA) is 67.4 Å². The third kappa shape index (κ3) is 4.03. The first-order chi connectivity index (χ1) is 11.0. The Hall–Kier alpha value is -2.05. The SMILES string of the molecule is CCc1c(C)sc(NC(=O)Nc2cccc(Cl)c2)c1C(=O)OC. The summed E-state index contributed by atoms with van der Waals surface area (Å²) in [6.45, 7) is 3.87. The summed E-state index contributed by atoms with van der Waals surface area (Å²) in [7, 11) is 1.32. The van der Waals surface area contributed by atoms with Gasteiger partial charge in [0, 0.05) is 15.6 Å². The zero-order chi connectivity index (χ0) is 17.0. The van der Waals surface area contributed by atoms with E-state index in [2.05, 4.69) is 10.6 Å². The van der Waals surface area contributed by atoms with E-state index in [0.29, 0.717) is 27.7 Å². The number of esters is 1. The van der Waals surface area contributed by atoms with Crippen LogP contribution in [0.25, 0.3) is 0 Å². The second-order valence-corrected chi connectivity index (χ2v) is 6.44. The van der Waals surface area contributed by atoms with Gasteiger partial charge < -0.3 is 10.1 Å². The minimum Gasteiger partial charge on any atom is -0.465 e. The van der Waals surface area contributed by atoms with Crippen molar-refractivity contribution in [3.8, 4) is 0 Å². The molecule has 2 N–H and O–H groups in total. The van der Waals surface area contributed by atoms with Crippen LogP contribution in [0.15, 0.2) is 24.3 Å². The molecule has 1 heterocycles. The number of nitrogens with one attached hydrogen (secondary N) is 2. The molecule has 0 saturated carbocycles. The van der Waals surface area contributed by atoms with E-state index in [0.717, 1.165) is 10.4 Å². The number of hydrogen-bond acceptors (Lipinski definition) is 4. The summed E-state index contributed by atoms with van der Waals surface area (Å²) < 4.78 is 4.83. The number of hydrogen-bond donors (Lipinski definition) is 2. The number of carbonyl (C=O) groups excluding carboxylic acids is 2. The molecule has 23 heavy (non-hydrogen) atoms. The van der Waals surface area contributed by atoms with Gasteiger partial charge in [0.2, 0.25) is 0 Å². The lowest BCUT2D eigenvalue weighted by molar-refractivity contribution is 0.0601. The predicted molar refractivity (Wildman–Crippen MR) is 93.9 cm³/mol. The van der Waals surface area contributed by atoms with Crippen molar-refractivity contribution in [2.24, 2.45) is 0 Å². The van der Waals surface area contributed by atoms with E-state index in [-0.39, 0.29) is 0 Å². The van der Waals surface area contributed by atoms with Crippen LogP contribution in [-0.2, 0) is 11.2 Å². The molecule has 0 radical (unpaired) electrons. The number of rotatable bonds is 4. The molecular formula is C16H17ClN2O3S. The molecule has 5 nitrogen and oxygen atoms in total. The number of thiophene rings is 1. The van der Waals surface area contributed by atoms with Crippen molar-refractivity contribution < 1.29 is 14.3 Å². The lowest BCUT2D eigenvalue weighted by Gasteiger charge is -2.08. The second-order valence-electron chi connectivity index (χ2n) is 4.78. The Balaban J connectivity index is 2.22. The van der Waals surface area contributed by atoms with Crippen molar-refractivity contribution >= 4 is 45.6 Å². The highest BCUT2D eigenvalue weighted by Crippen LogP contribution is 2.34. The average molecular weight is 353 g/mol. The van der Waals surface area contributed by atoms with E-state index in [1.165, 1.54) is 18.4 Å². The van der Waals surface area contributed by atoms with Gasteiger partial charge >= 0.3 is 12.0 Å². The Morgan fingerprint density at radius 2 is 2.04 bits per heavy atom. The van der Waals surface area contributed by atoms with Crippen LogP contribution in [0.3, 0.4) is 0 Å². The molecule has 0 bridgehead atoms. The van der Waals surface area contributed by atoms with Crippen LogP contribution >= 0.6 is 22.9 Å². The van der Waals surface area contributed by atoms with Gasteiger partial charge in [-0.3, -0.25) is 5.32 Å². The number of urea groups is 1. The number of halogens is 1. The van der Waals surface area contributed by atoms with Gasteiger partial charge in [-0.05, 0) is 37.1 Å². The monoisotopic (exact) mass is 352 g/mol. The molecule has 0 fully saturated rings. The lowest BCUT2D eigenvalue weighted by Crippen LogP contribution is -2.20. The highest BCUT2D eigenvalue weighted by molar-refractivity contribution is 7.16. The van der Waals surface area contributed by atoms with Crippen LogP contribution in [0.1, 0.15) is 27.7 Å². The minimum absolute atomic E-state index is 0.416. The van der Waals surface area contributed by atoms with E-state index < -0.39 is 12.0 Å². The first-order valence-electron chi connectivity index (χ1n) is 7.00. The van der Waals surface area contributed by atoms with Crippen LogP contribution in [-0.4, -0.2) is 19.1 Å². The van der Waals surface area contributed by atoms with E-state index in [1.807, 2.05) is 13.8 Å². The fourth-order valence-electron chi connectivity index (χ4n) is 2.24.